The van der Waals surface area contributed by atoms with Crippen LogP contribution in [0.25, 0.3) is 33.1 Å². The van der Waals surface area contributed by atoms with Crippen LogP contribution in [0.2, 0.25) is 0 Å². The molecule has 0 amide bonds. The zero-order chi connectivity index (χ0) is 21.8. The molecule has 0 unspecified atom stereocenters. The van der Waals surface area contributed by atoms with E-state index in [9.17, 15) is 4.79 Å². The highest BCUT2D eigenvalue weighted by Crippen LogP contribution is 2.39. The summed E-state index contributed by atoms with van der Waals surface area (Å²) >= 11 is 0. The van der Waals surface area contributed by atoms with Gasteiger partial charge in [0.1, 0.15) is 11.5 Å². The number of rotatable bonds is 4. The van der Waals surface area contributed by atoms with Gasteiger partial charge in [0.15, 0.2) is 11.6 Å². The Kier molecular flexibility index (Phi) is 4.17. The summed E-state index contributed by atoms with van der Waals surface area (Å²) in [6, 6.07) is 3.96. The number of pyridine rings is 1. The number of fused-ring (bicyclic) bond motifs is 5. The molecule has 4 heterocycles. The Morgan fingerprint density at radius 2 is 1.81 bits per heavy atom. The first kappa shape index (κ1) is 18.9. The van der Waals surface area contributed by atoms with E-state index in [0.29, 0.717) is 17.3 Å². The third kappa shape index (κ3) is 2.84. The molecule has 0 spiro atoms. The van der Waals surface area contributed by atoms with Gasteiger partial charge in [0.2, 0.25) is 0 Å². The Balaban J connectivity index is 1.59. The lowest BCUT2D eigenvalue weighted by Crippen LogP contribution is -2.10. The first-order chi connectivity index (χ1) is 15.6. The molecule has 32 heavy (non-hydrogen) atoms. The minimum atomic E-state index is -0.109. The smallest absolute Gasteiger partial charge is 0.191 e. The van der Waals surface area contributed by atoms with E-state index in [0.717, 1.165) is 64.4 Å². The largest absolute Gasteiger partial charge is 0.292 e. The number of Topliss-reactive ketones (excluding diaryl/α,β-unsaturated/α-hetero) is 1. The third-order valence-electron chi connectivity index (χ3n) is 6.31. The van der Waals surface area contributed by atoms with Crippen molar-refractivity contribution in [1.82, 2.24) is 40.6 Å². The van der Waals surface area contributed by atoms with E-state index in [1.54, 1.807) is 0 Å². The highest BCUT2D eigenvalue weighted by atomic mass is 16.1. The van der Waals surface area contributed by atoms with Crippen LogP contribution < -0.4 is 0 Å². The maximum Gasteiger partial charge on any atom is 0.191 e. The van der Waals surface area contributed by atoms with Crippen molar-refractivity contribution in [3.8, 4) is 11.3 Å². The Hall–Kier alpha value is -3.88. The fourth-order valence-corrected chi connectivity index (χ4v) is 4.84. The summed E-state index contributed by atoms with van der Waals surface area (Å²) in [5, 5.41) is 23.5. The van der Waals surface area contributed by atoms with Gasteiger partial charge in [-0.15, -0.1) is 0 Å². The van der Waals surface area contributed by atoms with Gasteiger partial charge < -0.3 is 0 Å². The Labute approximate surface area is 183 Å². The summed E-state index contributed by atoms with van der Waals surface area (Å²) in [4.78, 5) is 22.5. The standard InChI is InChI=1S/C23H22N8O/c1-11-15(10-24-27-11)22-14-6-4-3-5-13(14)20-16(26-22)7-8-17-21(20)23(31-29-17)18(32)9-19-25-12(2)28-30-19/h7-8,10H,3-6,9H2,1-2H3,(H,24,27)(H,29,31)(H,25,28,30). The minimum absolute atomic E-state index is 0.0998. The summed E-state index contributed by atoms with van der Waals surface area (Å²) in [7, 11) is 0. The van der Waals surface area contributed by atoms with Gasteiger partial charge in [-0.3, -0.25) is 20.1 Å². The van der Waals surface area contributed by atoms with Crippen LogP contribution in [-0.2, 0) is 19.3 Å². The van der Waals surface area contributed by atoms with Crippen molar-refractivity contribution in [2.75, 3.05) is 0 Å². The Morgan fingerprint density at radius 1 is 0.969 bits per heavy atom. The number of carbonyl (C=O) groups is 1. The number of H-pyrrole nitrogens is 3. The number of ketones is 1. The summed E-state index contributed by atoms with van der Waals surface area (Å²) in [5.74, 6) is 1.05. The maximum atomic E-state index is 13.2. The monoisotopic (exact) mass is 426 g/mol. The van der Waals surface area contributed by atoms with Gasteiger partial charge in [0.25, 0.3) is 0 Å². The number of aromatic nitrogens is 8. The van der Waals surface area contributed by atoms with Crippen LogP contribution in [0.15, 0.2) is 18.3 Å². The quantitative estimate of drug-likeness (QED) is 0.377. The van der Waals surface area contributed by atoms with Gasteiger partial charge >= 0.3 is 0 Å². The van der Waals surface area contributed by atoms with Crippen molar-refractivity contribution < 1.29 is 4.79 Å². The van der Waals surface area contributed by atoms with Crippen LogP contribution >= 0.6 is 0 Å². The molecule has 3 N–H and O–H groups in total. The minimum Gasteiger partial charge on any atom is -0.292 e. The van der Waals surface area contributed by atoms with Crippen LogP contribution in [0.4, 0.5) is 0 Å². The van der Waals surface area contributed by atoms with E-state index in [1.807, 2.05) is 32.2 Å². The predicted octanol–water partition coefficient (Wildman–Crippen LogP) is 3.54. The lowest BCUT2D eigenvalue weighted by molar-refractivity contribution is 0.0987. The molecule has 0 bridgehead atoms. The third-order valence-corrected chi connectivity index (χ3v) is 6.31. The fourth-order valence-electron chi connectivity index (χ4n) is 4.84. The molecule has 0 fully saturated rings. The average Bonchev–Trinajstić information content (AvgIpc) is 3.52. The van der Waals surface area contributed by atoms with E-state index in [4.69, 9.17) is 4.98 Å². The normalized spacial score (nSPS) is 13.7. The highest BCUT2D eigenvalue weighted by Gasteiger charge is 2.25. The van der Waals surface area contributed by atoms with Crippen molar-refractivity contribution >= 4 is 27.6 Å². The van der Waals surface area contributed by atoms with E-state index >= 15 is 0 Å². The Bertz CT molecular complexity index is 1510. The number of hydrogen-bond acceptors (Lipinski definition) is 6. The Morgan fingerprint density at radius 3 is 2.56 bits per heavy atom. The molecule has 5 aromatic rings. The van der Waals surface area contributed by atoms with E-state index in [-0.39, 0.29) is 12.2 Å². The van der Waals surface area contributed by atoms with Crippen molar-refractivity contribution in [1.29, 1.82) is 0 Å². The SMILES string of the molecule is Cc1nc(CC(=O)c2n[nH]c3ccc4nc(-c5cn[nH]c5C)c5c(c4c23)CCCC5)n[nH]1. The topological polar surface area (TPSA) is 129 Å². The van der Waals surface area contributed by atoms with Crippen LogP contribution in [0.3, 0.4) is 0 Å². The van der Waals surface area contributed by atoms with Crippen molar-refractivity contribution in [2.24, 2.45) is 0 Å². The molecule has 0 saturated carbocycles. The molecule has 6 rings (SSSR count). The summed E-state index contributed by atoms with van der Waals surface area (Å²) in [5.41, 5.74) is 7.70. The fraction of sp³-hybridized carbons (Fsp3) is 0.304. The van der Waals surface area contributed by atoms with Crippen LogP contribution in [0.1, 0.15) is 51.8 Å². The number of carbonyl (C=O) groups excluding carboxylic acids is 1. The molecular weight excluding hydrogens is 404 g/mol. The van der Waals surface area contributed by atoms with Crippen LogP contribution in [0.5, 0.6) is 0 Å². The number of aromatic amines is 3. The lowest BCUT2D eigenvalue weighted by Gasteiger charge is -2.21. The molecule has 1 aliphatic rings. The molecule has 0 radical (unpaired) electrons. The van der Waals surface area contributed by atoms with E-state index in [1.165, 1.54) is 11.1 Å². The summed E-state index contributed by atoms with van der Waals surface area (Å²) < 4.78 is 0. The molecule has 1 aromatic carbocycles. The van der Waals surface area contributed by atoms with Gasteiger partial charge in [0, 0.05) is 22.0 Å². The summed E-state index contributed by atoms with van der Waals surface area (Å²) in [6.45, 7) is 3.83. The van der Waals surface area contributed by atoms with Crippen molar-refractivity contribution in [3.05, 3.63) is 52.5 Å². The number of hydrogen-bond donors (Lipinski definition) is 3. The zero-order valence-electron chi connectivity index (χ0n) is 17.9. The molecule has 4 aromatic heterocycles. The van der Waals surface area contributed by atoms with E-state index < -0.39 is 0 Å². The predicted molar refractivity (Wildman–Crippen MR) is 120 cm³/mol. The molecule has 9 heteroatoms. The molecule has 0 aliphatic heterocycles. The molecule has 0 atom stereocenters. The molecule has 160 valence electrons. The number of nitrogens with zero attached hydrogens (tertiary/aromatic N) is 5. The van der Waals surface area contributed by atoms with Crippen LogP contribution in [0, 0.1) is 13.8 Å². The van der Waals surface area contributed by atoms with Gasteiger partial charge in [-0.25, -0.2) is 9.97 Å². The second kappa shape index (κ2) is 7.08. The molecular formula is C23H22N8O. The number of benzene rings is 1. The van der Waals surface area contributed by atoms with Crippen LogP contribution in [-0.4, -0.2) is 46.3 Å². The average molecular weight is 426 g/mol. The lowest BCUT2D eigenvalue weighted by atomic mass is 9.85. The number of nitrogens with one attached hydrogen (secondary N) is 3. The maximum absolute atomic E-state index is 13.2. The van der Waals surface area contributed by atoms with Gasteiger partial charge in [-0.2, -0.15) is 15.3 Å². The first-order valence-corrected chi connectivity index (χ1v) is 10.8. The molecule has 0 saturated heterocycles. The van der Waals surface area contributed by atoms with E-state index in [2.05, 4.69) is 35.6 Å². The van der Waals surface area contributed by atoms with Crippen molar-refractivity contribution in [2.45, 2.75) is 46.0 Å². The number of aryl methyl sites for hydroxylation is 3. The second-order valence-corrected chi connectivity index (χ2v) is 8.42. The molecule has 1 aliphatic carbocycles. The zero-order valence-corrected chi connectivity index (χ0v) is 17.9. The van der Waals surface area contributed by atoms with Gasteiger partial charge in [-0.05, 0) is 62.8 Å². The van der Waals surface area contributed by atoms with Gasteiger partial charge in [0.05, 0.1) is 29.3 Å². The first-order valence-electron chi connectivity index (χ1n) is 10.8. The van der Waals surface area contributed by atoms with Gasteiger partial charge in [-0.1, -0.05) is 0 Å². The summed E-state index contributed by atoms with van der Waals surface area (Å²) in [6.07, 6.45) is 6.11. The van der Waals surface area contributed by atoms with Crippen molar-refractivity contribution in [3.63, 3.8) is 0 Å². The molecule has 9 nitrogen and oxygen atoms in total. The second-order valence-electron chi connectivity index (χ2n) is 8.42. The highest BCUT2D eigenvalue weighted by molar-refractivity contribution is 6.17.